The predicted molar refractivity (Wildman–Crippen MR) is 56.9 cm³/mol. The van der Waals surface area contributed by atoms with Crippen LogP contribution in [0.25, 0.3) is 0 Å². The van der Waals surface area contributed by atoms with Crippen molar-refractivity contribution in [3.63, 3.8) is 0 Å². The summed E-state index contributed by atoms with van der Waals surface area (Å²) in [5.74, 6) is -0.374. The molecule has 1 atom stereocenters. The first-order chi connectivity index (χ1) is 6.74. The summed E-state index contributed by atoms with van der Waals surface area (Å²) in [7, 11) is 0. The maximum atomic E-state index is 11.2. The Morgan fingerprint density at radius 1 is 1.50 bits per heavy atom. The monoisotopic (exact) mass is 211 g/mol. The number of benzene rings is 1. The molecule has 76 valence electrons. The van der Waals surface area contributed by atoms with Crippen molar-refractivity contribution < 1.29 is 9.53 Å². The minimum absolute atomic E-state index is 0.363. The molecule has 1 unspecified atom stereocenters. The lowest BCUT2D eigenvalue weighted by Gasteiger charge is -2.09. The molecule has 0 radical (unpaired) electrons. The third-order valence-electron chi connectivity index (χ3n) is 1.53. The second-order valence-electron chi connectivity index (χ2n) is 2.60. The van der Waals surface area contributed by atoms with E-state index >= 15 is 0 Å². The summed E-state index contributed by atoms with van der Waals surface area (Å²) < 4.78 is 4.79. The van der Waals surface area contributed by atoms with Gasteiger partial charge in [-0.15, -0.1) is 0 Å². The molecule has 1 rings (SSSR count). The second-order valence-corrected chi connectivity index (χ2v) is 3.82. The van der Waals surface area contributed by atoms with Crippen LogP contribution < -0.4 is 5.73 Å². The molecule has 2 N–H and O–H groups in total. The first-order valence-electron chi connectivity index (χ1n) is 4.38. The fraction of sp³-hybridized carbons (Fsp3) is 0.300. The van der Waals surface area contributed by atoms with Gasteiger partial charge in [0.1, 0.15) is 0 Å². The van der Waals surface area contributed by atoms with Crippen molar-refractivity contribution in [2.45, 2.75) is 17.2 Å². The first-order valence-corrected chi connectivity index (χ1v) is 5.26. The highest BCUT2D eigenvalue weighted by Crippen LogP contribution is 2.20. The van der Waals surface area contributed by atoms with Gasteiger partial charge < -0.3 is 10.5 Å². The van der Waals surface area contributed by atoms with Gasteiger partial charge in [-0.3, -0.25) is 0 Å². The third-order valence-corrected chi connectivity index (χ3v) is 2.52. The van der Waals surface area contributed by atoms with Gasteiger partial charge in [0.25, 0.3) is 0 Å². The summed E-state index contributed by atoms with van der Waals surface area (Å²) in [6, 6.07) is 9.54. The quantitative estimate of drug-likeness (QED) is 0.467. The van der Waals surface area contributed by atoms with Gasteiger partial charge in [-0.1, -0.05) is 30.0 Å². The summed E-state index contributed by atoms with van der Waals surface area (Å²) in [4.78, 5) is 12.1. The zero-order valence-corrected chi connectivity index (χ0v) is 8.79. The molecule has 0 bridgehead atoms. The van der Waals surface area contributed by atoms with Gasteiger partial charge in [0.2, 0.25) is 0 Å². The SMILES string of the molecule is CCOC(=O)C(N)Sc1ccccc1. The van der Waals surface area contributed by atoms with Gasteiger partial charge in [-0.2, -0.15) is 0 Å². The second kappa shape index (κ2) is 5.67. The third kappa shape index (κ3) is 3.40. The van der Waals surface area contributed by atoms with Gasteiger partial charge in [0.05, 0.1) is 6.61 Å². The van der Waals surface area contributed by atoms with Crippen LogP contribution in [0, 0.1) is 0 Å². The lowest BCUT2D eigenvalue weighted by Crippen LogP contribution is -2.28. The summed E-state index contributed by atoms with van der Waals surface area (Å²) in [6.45, 7) is 2.12. The van der Waals surface area contributed by atoms with E-state index in [4.69, 9.17) is 10.5 Å². The normalized spacial score (nSPS) is 12.1. The van der Waals surface area contributed by atoms with Crippen LogP contribution in [-0.2, 0) is 9.53 Å². The van der Waals surface area contributed by atoms with Crippen LogP contribution in [0.3, 0.4) is 0 Å². The van der Waals surface area contributed by atoms with Gasteiger partial charge in [0, 0.05) is 4.90 Å². The van der Waals surface area contributed by atoms with Gasteiger partial charge in [0.15, 0.2) is 5.37 Å². The minimum atomic E-state index is -0.641. The van der Waals surface area contributed by atoms with E-state index in [9.17, 15) is 4.79 Å². The van der Waals surface area contributed by atoms with Crippen LogP contribution in [0.15, 0.2) is 35.2 Å². The highest BCUT2D eigenvalue weighted by atomic mass is 32.2. The van der Waals surface area contributed by atoms with Gasteiger partial charge in [-0.25, -0.2) is 4.79 Å². The van der Waals surface area contributed by atoms with Crippen LogP contribution in [0.5, 0.6) is 0 Å². The van der Waals surface area contributed by atoms with Crippen LogP contribution in [0.4, 0.5) is 0 Å². The topological polar surface area (TPSA) is 52.3 Å². The fourth-order valence-corrected chi connectivity index (χ4v) is 1.69. The van der Waals surface area contributed by atoms with Crippen molar-refractivity contribution in [2.24, 2.45) is 5.73 Å². The maximum absolute atomic E-state index is 11.2. The molecule has 0 aliphatic heterocycles. The van der Waals surface area contributed by atoms with Crippen molar-refractivity contribution in [3.05, 3.63) is 30.3 Å². The van der Waals surface area contributed by atoms with Crippen molar-refractivity contribution in [2.75, 3.05) is 6.61 Å². The highest BCUT2D eigenvalue weighted by Gasteiger charge is 2.15. The number of hydrogen-bond donors (Lipinski definition) is 1. The predicted octanol–water partition coefficient (Wildman–Crippen LogP) is 1.63. The number of ether oxygens (including phenoxy) is 1. The summed E-state index contributed by atoms with van der Waals surface area (Å²) in [6.07, 6.45) is 0. The lowest BCUT2D eigenvalue weighted by atomic mass is 10.4. The van der Waals surface area contributed by atoms with E-state index in [1.165, 1.54) is 11.8 Å². The molecule has 0 aromatic heterocycles. The van der Waals surface area contributed by atoms with Gasteiger partial charge in [-0.05, 0) is 19.1 Å². The average molecular weight is 211 g/mol. The molecule has 0 aliphatic carbocycles. The van der Waals surface area contributed by atoms with Crippen LogP contribution in [0.2, 0.25) is 0 Å². The number of thioether (sulfide) groups is 1. The molecule has 0 aliphatic rings. The molecule has 1 aromatic carbocycles. The van der Waals surface area contributed by atoms with E-state index in [0.29, 0.717) is 6.61 Å². The van der Waals surface area contributed by atoms with E-state index in [0.717, 1.165) is 4.90 Å². The summed E-state index contributed by atoms with van der Waals surface area (Å²) >= 11 is 1.29. The molecule has 3 nitrogen and oxygen atoms in total. The number of rotatable bonds is 4. The Kier molecular flexibility index (Phi) is 4.49. The Hall–Kier alpha value is -1.00. The molecule has 4 heteroatoms. The van der Waals surface area contributed by atoms with E-state index in [-0.39, 0.29) is 5.97 Å². The zero-order chi connectivity index (χ0) is 10.4. The lowest BCUT2D eigenvalue weighted by molar-refractivity contribution is -0.142. The average Bonchev–Trinajstić information content (AvgIpc) is 2.19. The molecular formula is C10H13NO2S. The largest absolute Gasteiger partial charge is 0.464 e. The molecule has 0 heterocycles. The standard InChI is InChI=1S/C10H13NO2S/c1-2-13-10(12)9(11)14-8-6-4-3-5-7-8/h3-7,9H,2,11H2,1H3. The number of carbonyl (C=O) groups is 1. The molecule has 0 saturated carbocycles. The van der Waals surface area contributed by atoms with Gasteiger partial charge >= 0.3 is 5.97 Å². The minimum Gasteiger partial charge on any atom is -0.464 e. The van der Waals surface area contributed by atoms with Crippen LogP contribution in [0.1, 0.15) is 6.92 Å². The number of esters is 1. The Balaban J connectivity index is 2.49. The van der Waals surface area contributed by atoms with Crippen molar-refractivity contribution in [3.8, 4) is 0 Å². The first kappa shape index (κ1) is 11.1. The molecule has 0 saturated heterocycles. The molecule has 0 spiro atoms. The molecular weight excluding hydrogens is 198 g/mol. The number of nitrogens with two attached hydrogens (primary N) is 1. The number of carbonyl (C=O) groups excluding carboxylic acids is 1. The Morgan fingerprint density at radius 2 is 2.14 bits per heavy atom. The smallest absolute Gasteiger partial charge is 0.333 e. The maximum Gasteiger partial charge on any atom is 0.333 e. The molecule has 0 amide bonds. The van der Waals surface area contributed by atoms with E-state index in [1.807, 2.05) is 30.3 Å². The van der Waals surface area contributed by atoms with Crippen LogP contribution >= 0.6 is 11.8 Å². The molecule has 14 heavy (non-hydrogen) atoms. The van der Waals surface area contributed by atoms with Crippen molar-refractivity contribution >= 4 is 17.7 Å². The number of hydrogen-bond acceptors (Lipinski definition) is 4. The van der Waals surface area contributed by atoms with E-state index < -0.39 is 5.37 Å². The Bertz CT molecular complexity index is 289. The fourth-order valence-electron chi connectivity index (χ4n) is 0.918. The van der Waals surface area contributed by atoms with E-state index in [1.54, 1.807) is 6.92 Å². The van der Waals surface area contributed by atoms with Crippen LogP contribution in [-0.4, -0.2) is 18.0 Å². The summed E-state index contributed by atoms with van der Waals surface area (Å²) in [5.41, 5.74) is 5.62. The molecule has 1 aromatic rings. The van der Waals surface area contributed by atoms with E-state index in [2.05, 4.69) is 0 Å². The summed E-state index contributed by atoms with van der Waals surface area (Å²) in [5, 5.41) is -0.641. The highest BCUT2D eigenvalue weighted by molar-refractivity contribution is 8.00. The zero-order valence-electron chi connectivity index (χ0n) is 7.97. The Labute approximate surface area is 87.6 Å². The van der Waals surface area contributed by atoms with Crippen molar-refractivity contribution in [1.82, 2.24) is 0 Å². The van der Waals surface area contributed by atoms with Crippen molar-refractivity contribution in [1.29, 1.82) is 0 Å². The Morgan fingerprint density at radius 3 is 2.71 bits per heavy atom. The molecule has 0 fully saturated rings.